The summed E-state index contributed by atoms with van der Waals surface area (Å²) in [6.07, 6.45) is 5.62. The van der Waals surface area contributed by atoms with Crippen molar-refractivity contribution in [2.75, 3.05) is 31.5 Å². The number of fused-ring (bicyclic) bond motifs is 2. The van der Waals surface area contributed by atoms with Gasteiger partial charge in [-0.3, -0.25) is 14.3 Å². The molecule has 0 bridgehead atoms. The lowest BCUT2D eigenvalue weighted by molar-refractivity contribution is -0.197. The van der Waals surface area contributed by atoms with Gasteiger partial charge in [0.1, 0.15) is 24.6 Å². The standard InChI is InChI=1S/C27H33N7O4/c1-26(2)37-20-18(13-33-12-10-27(14-33)9-6-11-31-27)36-25(21(20)38-26)34-16-30-19-22(28-15-29-23(19)34)32-24(35)17-7-4-3-5-8-17/h3-5,7-8,15-16,18,20-21,25,31H,6,9-14H2,1-2H3,(H,28,29,32,35)/t18-,20-,21-,25-,27?/m1/s1. The maximum Gasteiger partial charge on any atom is 0.256 e. The van der Waals surface area contributed by atoms with E-state index in [0.717, 1.165) is 26.2 Å². The first-order valence-corrected chi connectivity index (χ1v) is 13.4. The highest BCUT2D eigenvalue weighted by molar-refractivity contribution is 6.06. The summed E-state index contributed by atoms with van der Waals surface area (Å²) in [5, 5.41) is 6.60. The highest BCUT2D eigenvalue weighted by Crippen LogP contribution is 2.44. The van der Waals surface area contributed by atoms with Crippen LogP contribution in [0.2, 0.25) is 0 Å². The number of aromatic nitrogens is 4. The number of benzene rings is 1. The van der Waals surface area contributed by atoms with Crippen LogP contribution in [0.1, 0.15) is 49.7 Å². The van der Waals surface area contributed by atoms with Crippen molar-refractivity contribution < 1.29 is 19.0 Å². The minimum absolute atomic E-state index is 0.153. The Hall–Kier alpha value is -2.96. The predicted molar refractivity (Wildman–Crippen MR) is 138 cm³/mol. The molecule has 0 aliphatic carbocycles. The zero-order valence-electron chi connectivity index (χ0n) is 21.7. The number of hydrogen-bond donors (Lipinski definition) is 2. The predicted octanol–water partition coefficient (Wildman–Crippen LogP) is 2.32. The molecule has 6 heterocycles. The largest absolute Gasteiger partial charge is 0.348 e. The summed E-state index contributed by atoms with van der Waals surface area (Å²) >= 11 is 0. The van der Waals surface area contributed by atoms with Gasteiger partial charge in [0.2, 0.25) is 0 Å². The topological polar surface area (TPSA) is 116 Å². The van der Waals surface area contributed by atoms with Crippen LogP contribution >= 0.6 is 0 Å². The van der Waals surface area contributed by atoms with Gasteiger partial charge in [-0.05, 0) is 51.8 Å². The smallest absolute Gasteiger partial charge is 0.256 e. The van der Waals surface area contributed by atoms with Crippen molar-refractivity contribution in [3.8, 4) is 0 Å². The van der Waals surface area contributed by atoms with Crippen LogP contribution in [0.5, 0.6) is 0 Å². The molecular formula is C27H33N7O4. The summed E-state index contributed by atoms with van der Waals surface area (Å²) < 4.78 is 21.2. The molecule has 11 heteroatoms. The molecule has 11 nitrogen and oxygen atoms in total. The van der Waals surface area contributed by atoms with Crippen LogP contribution < -0.4 is 10.6 Å². The molecule has 38 heavy (non-hydrogen) atoms. The number of hydrogen-bond acceptors (Lipinski definition) is 9. The van der Waals surface area contributed by atoms with Gasteiger partial charge in [0.15, 0.2) is 29.0 Å². The van der Waals surface area contributed by atoms with Crippen LogP contribution in [0.15, 0.2) is 43.0 Å². The highest BCUT2D eigenvalue weighted by atomic mass is 16.8. The Morgan fingerprint density at radius 1 is 1.13 bits per heavy atom. The third-order valence-electron chi connectivity index (χ3n) is 8.23. The first-order chi connectivity index (χ1) is 18.4. The zero-order chi connectivity index (χ0) is 25.9. The van der Waals surface area contributed by atoms with Crippen LogP contribution in [0.25, 0.3) is 11.2 Å². The van der Waals surface area contributed by atoms with Crippen molar-refractivity contribution in [3.05, 3.63) is 48.5 Å². The number of anilines is 1. The van der Waals surface area contributed by atoms with Gasteiger partial charge in [-0.25, -0.2) is 15.0 Å². The van der Waals surface area contributed by atoms with E-state index in [-0.39, 0.29) is 29.8 Å². The average Bonchev–Trinajstić information content (AvgIpc) is 3.72. The van der Waals surface area contributed by atoms with Crippen molar-refractivity contribution >= 4 is 22.9 Å². The molecule has 2 aromatic heterocycles. The fourth-order valence-electron chi connectivity index (χ4n) is 6.51. The Morgan fingerprint density at radius 2 is 1.97 bits per heavy atom. The van der Waals surface area contributed by atoms with E-state index in [1.807, 2.05) is 36.6 Å². The van der Waals surface area contributed by atoms with Crippen molar-refractivity contribution in [1.29, 1.82) is 0 Å². The number of rotatable bonds is 5. The number of imidazole rings is 1. The molecule has 1 amide bonds. The zero-order valence-corrected chi connectivity index (χ0v) is 21.7. The van der Waals surface area contributed by atoms with Gasteiger partial charge in [0.05, 0.1) is 6.33 Å². The number of nitrogens with one attached hydrogen (secondary N) is 2. The average molecular weight is 520 g/mol. The van der Waals surface area contributed by atoms with E-state index in [1.165, 1.54) is 25.6 Å². The van der Waals surface area contributed by atoms with E-state index in [1.54, 1.807) is 18.5 Å². The SMILES string of the molecule is CC1(C)O[C@@H]2[C@H](O1)[C@@H](CN1CCC3(CCCN3)C1)O[C@H]2n1cnc2c(NC(=O)c3ccccc3)ncnc21. The van der Waals surface area contributed by atoms with E-state index in [4.69, 9.17) is 14.2 Å². The Morgan fingerprint density at radius 3 is 2.79 bits per heavy atom. The molecule has 4 aliphatic rings. The molecule has 4 fully saturated rings. The molecule has 1 aromatic carbocycles. The highest BCUT2D eigenvalue weighted by Gasteiger charge is 2.57. The molecule has 3 aromatic rings. The molecule has 2 N–H and O–H groups in total. The third-order valence-corrected chi connectivity index (χ3v) is 8.23. The molecule has 7 rings (SSSR count). The summed E-state index contributed by atoms with van der Waals surface area (Å²) in [4.78, 5) is 28.6. The first-order valence-electron chi connectivity index (χ1n) is 13.4. The molecule has 4 aliphatic heterocycles. The van der Waals surface area contributed by atoms with Gasteiger partial charge in [-0.15, -0.1) is 0 Å². The van der Waals surface area contributed by atoms with Crippen molar-refractivity contribution in [3.63, 3.8) is 0 Å². The summed E-state index contributed by atoms with van der Waals surface area (Å²) in [5.74, 6) is -0.620. The fourth-order valence-corrected chi connectivity index (χ4v) is 6.51. The number of likely N-dealkylation sites (tertiary alicyclic amines) is 1. The van der Waals surface area contributed by atoms with Crippen molar-refractivity contribution in [2.24, 2.45) is 0 Å². The maximum atomic E-state index is 12.8. The van der Waals surface area contributed by atoms with E-state index in [9.17, 15) is 4.79 Å². The van der Waals surface area contributed by atoms with Crippen LogP contribution in [0.4, 0.5) is 5.82 Å². The summed E-state index contributed by atoms with van der Waals surface area (Å²) in [5.41, 5.74) is 1.85. The van der Waals surface area contributed by atoms with Gasteiger partial charge < -0.3 is 24.8 Å². The summed E-state index contributed by atoms with van der Waals surface area (Å²) in [6, 6.07) is 9.01. The lowest BCUT2D eigenvalue weighted by atomic mass is 9.97. The van der Waals surface area contributed by atoms with Crippen molar-refractivity contribution in [1.82, 2.24) is 29.7 Å². The fraction of sp³-hybridized carbons (Fsp3) is 0.556. The molecule has 0 saturated carbocycles. The summed E-state index contributed by atoms with van der Waals surface area (Å²) in [6.45, 7) is 7.85. The number of carbonyl (C=O) groups excluding carboxylic acids is 1. The minimum Gasteiger partial charge on any atom is -0.348 e. The van der Waals surface area contributed by atoms with Gasteiger partial charge in [0, 0.05) is 30.7 Å². The van der Waals surface area contributed by atoms with E-state index in [0.29, 0.717) is 22.5 Å². The quantitative estimate of drug-likeness (QED) is 0.524. The monoisotopic (exact) mass is 519 g/mol. The number of carbonyl (C=O) groups is 1. The second kappa shape index (κ2) is 9.06. The van der Waals surface area contributed by atoms with E-state index in [2.05, 4.69) is 30.5 Å². The van der Waals surface area contributed by atoms with Crippen molar-refractivity contribution in [2.45, 2.75) is 69.0 Å². The Balaban J connectivity index is 1.14. The van der Waals surface area contributed by atoms with Gasteiger partial charge in [-0.1, -0.05) is 18.2 Å². The van der Waals surface area contributed by atoms with Crippen LogP contribution in [0.3, 0.4) is 0 Å². The minimum atomic E-state index is -0.713. The molecule has 5 atom stereocenters. The number of amides is 1. The number of ether oxygens (including phenoxy) is 3. The van der Waals surface area contributed by atoms with E-state index >= 15 is 0 Å². The van der Waals surface area contributed by atoms with Crippen LogP contribution in [0, 0.1) is 0 Å². The lowest BCUT2D eigenvalue weighted by Crippen LogP contribution is -2.45. The molecule has 1 spiro atoms. The van der Waals surface area contributed by atoms with Crippen LogP contribution in [-0.2, 0) is 14.2 Å². The molecule has 0 radical (unpaired) electrons. The molecular weight excluding hydrogens is 486 g/mol. The molecule has 1 unspecified atom stereocenters. The normalized spacial score (nSPS) is 32.4. The van der Waals surface area contributed by atoms with Gasteiger partial charge in [-0.2, -0.15) is 0 Å². The third kappa shape index (κ3) is 4.18. The maximum absolute atomic E-state index is 12.8. The van der Waals surface area contributed by atoms with Gasteiger partial charge >= 0.3 is 0 Å². The Kier molecular flexibility index (Phi) is 5.75. The Bertz CT molecular complexity index is 1340. The van der Waals surface area contributed by atoms with E-state index < -0.39 is 12.0 Å². The molecule has 200 valence electrons. The number of nitrogens with zero attached hydrogens (tertiary/aromatic N) is 5. The second-order valence-corrected chi connectivity index (χ2v) is 11.3. The molecule has 4 saturated heterocycles. The van der Waals surface area contributed by atoms with Gasteiger partial charge in [0.25, 0.3) is 5.91 Å². The first kappa shape index (κ1) is 24.1. The second-order valence-electron chi connectivity index (χ2n) is 11.3. The summed E-state index contributed by atoms with van der Waals surface area (Å²) in [7, 11) is 0. The Labute approximate surface area is 220 Å². The van der Waals surface area contributed by atoms with Crippen LogP contribution in [-0.4, -0.2) is 86.1 Å². The lowest BCUT2D eigenvalue weighted by Gasteiger charge is -2.28.